The molecule has 0 fully saturated rings. The standard InChI is InChI=1S/2C9H13.2CH3.Si.Zr/c2*1-2-3-6-9-7-4-5-8-9;;;;/h2*7-8H,2-4,6H2,1H3;2*1H3;;/q4*-1;;. The minimum atomic E-state index is 0. The van der Waals surface area contributed by atoms with Gasteiger partial charge in [-0.05, 0) is 0 Å². The van der Waals surface area contributed by atoms with Crippen molar-refractivity contribution in [1.82, 2.24) is 0 Å². The van der Waals surface area contributed by atoms with E-state index >= 15 is 0 Å². The molecule has 0 saturated heterocycles. The van der Waals surface area contributed by atoms with E-state index in [1.54, 1.807) is 0 Å². The fourth-order valence-corrected chi connectivity index (χ4v) is 1.99. The fraction of sp³-hybridized carbons (Fsp3) is 0.500. The van der Waals surface area contributed by atoms with Gasteiger partial charge >= 0.3 is 30.2 Å². The molecule has 2 heteroatoms. The first-order valence-corrected chi connectivity index (χ1v) is 11.8. The van der Waals surface area contributed by atoms with Crippen molar-refractivity contribution in [3.63, 3.8) is 0 Å². The first-order valence-electron chi connectivity index (χ1n) is 7.63. The van der Waals surface area contributed by atoms with Crippen LogP contribution in [0.1, 0.15) is 65.2 Å². The van der Waals surface area contributed by atoms with Crippen LogP contribution in [0, 0.1) is 27.0 Å². The van der Waals surface area contributed by atoms with Crippen LogP contribution in [0.25, 0.3) is 0 Å². The number of rotatable bonds is 6. The summed E-state index contributed by atoms with van der Waals surface area (Å²) in [6.45, 7) is 7.51. The molecule has 2 radical (unpaired) electrons. The summed E-state index contributed by atoms with van der Waals surface area (Å²) < 4.78 is 0. The first-order chi connectivity index (χ1) is 9.86. The number of unbranched alkanes of at least 4 members (excludes halogenated alkanes) is 2. The quantitative estimate of drug-likeness (QED) is 0.371. The van der Waals surface area contributed by atoms with Crippen molar-refractivity contribution < 1.29 is 23.3 Å². The van der Waals surface area contributed by atoms with Crippen LogP contribution in [0.3, 0.4) is 0 Å². The molecule has 0 nitrogen and oxygen atoms in total. The molecule has 0 aromatic carbocycles. The molecule has 0 heterocycles. The molecule has 0 spiro atoms. The third-order valence-electron chi connectivity index (χ3n) is 3.18. The van der Waals surface area contributed by atoms with Crippen molar-refractivity contribution in [2.24, 2.45) is 0 Å². The van der Waals surface area contributed by atoms with Gasteiger partial charge in [0.15, 0.2) is 0 Å². The average molecular weight is 392 g/mol. The van der Waals surface area contributed by atoms with Crippen LogP contribution in [0.5, 0.6) is 0 Å². The Labute approximate surface area is 157 Å². The molecule has 0 aliphatic heterocycles. The van der Waals surface area contributed by atoms with Crippen molar-refractivity contribution in [1.29, 1.82) is 0 Å². The van der Waals surface area contributed by atoms with Crippen LogP contribution >= 0.6 is 0 Å². The van der Waals surface area contributed by atoms with E-state index < -0.39 is 0 Å². The predicted octanol–water partition coefficient (Wildman–Crippen LogP) is 6.25. The molecule has 0 aromatic rings. The number of hydrogen-bond acceptors (Lipinski definition) is 0. The predicted molar refractivity (Wildman–Crippen MR) is 98.7 cm³/mol. The van der Waals surface area contributed by atoms with Gasteiger partial charge in [-0.15, -0.1) is 12.8 Å². The summed E-state index contributed by atoms with van der Waals surface area (Å²) in [7, 11) is 0. The zero-order valence-corrected chi connectivity index (χ0v) is 18.4. The van der Waals surface area contributed by atoms with Crippen molar-refractivity contribution in [3.05, 3.63) is 62.5 Å². The Morgan fingerprint density at radius 2 is 1.23 bits per heavy atom. The zero-order valence-electron chi connectivity index (χ0n) is 15.0. The van der Waals surface area contributed by atoms with Gasteiger partial charge in [-0.25, -0.2) is 23.3 Å². The maximum absolute atomic E-state index is 3.16. The van der Waals surface area contributed by atoms with Crippen molar-refractivity contribution in [3.8, 4) is 0 Å². The Bertz CT molecular complexity index is 317. The molecule has 22 heavy (non-hydrogen) atoms. The van der Waals surface area contributed by atoms with E-state index in [4.69, 9.17) is 0 Å². The van der Waals surface area contributed by atoms with E-state index in [9.17, 15) is 0 Å². The van der Waals surface area contributed by atoms with Gasteiger partial charge in [-0.1, -0.05) is 52.4 Å². The van der Waals surface area contributed by atoms with Gasteiger partial charge in [-0.3, -0.25) is 12.2 Å². The summed E-state index contributed by atoms with van der Waals surface area (Å²) in [6, 6.07) is 0. The molecular weight excluding hydrogens is 360 g/mol. The normalized spacial score (nSPS) is 13.5. The van der Waals surface area contributed by atoms with Crippen molar-refractivity contribution in [2.75, 3.05) is 0 Å². The van der Waals surface area contributed by atoms with E-state index in [1.165, 1.54) is 73.0 Å². The van der Waals surface area contributed by atoms with Gasteiger partial charge in [-0.2, -0.15) is 12.2 Å². The van der Waals surface area contributed by atoms with E-state index in [0.717, 1.165) is 12.8 Å². The molecule has 0 amide bonds. The Morgan fingerprint density at radius 3 is 1.45 bits per heavy atom. The van der Waals surface area contributed by atoms with Crippen LogP contribution in [0.15, 0.2) is 35.5 Å². The van der Waals surface area contributed by atoms with Crippen molar-refractivity contribution in [2.45, 2.75) is 65.2 Å². The summed E-state index contributed by atoms with van der Waals surface area (Å²) in [5.74, 6) is 0. The first kappa shape index (κ1) is 26.9. The third-order valence-corrected chi connectivity index (χ3v) is 3.18. The van der Waals surface area contributed by atoms with Crippen LogP contribution in [-0.2, 0) is 23.3 Å². The second kappa shape index (κ2) is 21.1. The van der Waals surface area contributed by atoms with Gasteiger partial charge in [0.1, 0.15) is 0 Å². The molecule has 2 aliphatic carbocycles. The minimum absolute atomic E-state index is 0. The molecule has 0 saturated carbocycles. The molecule has 2 aliphatic rings. The molecule has 0 N–H and O–H groups in total. The topological polar surface area (TPSA) is 0 Å². The number of hydrogen-bond donors (Lipinski definition) is 0. The SMILES string of the molecule is CCCCC1=CC[C-]=C1.CCCCC1=CC[C-]=C1.[CH3-].[CH3-].[Si]=[Zr]. The Morgan fingerprint density at radius 1 is 0.864 bits per heavy atom. The molecule has 0 unspecified atom stereocenters. The van der Waals surface area contributed by atoms with E-state index in [1.807, 2.05) is 0 Å². The third kappa shape index (κ3) is 15.0. The van der Waals surface area contributed by atoms with Crippen molar-refractivity contribution >= 4 is 6.88 Å². The molecule has 0 aromatic heterocycles. The Kier molecular flexibility index (Phi) is 25.8. The van der Waals surface area contributed by atoms with Crippen LogP contribution in [-0.4, -0.2) is 6.88 Å². The van der Waals surface area contributed by atoms with E-state index in [-0.39, 0.29) is 14.9 Å². The van der Waals surface area contributed by atoms with Gasteiger partial charge in [0, 0.05) is 0 Å². The molecular formula is C20H32SiZr-4. The molecule has 2 rings (SSSR count). The Balaban J connectivity index is -0.000000273. The van der Waals surface area contributed by atoms with Gasteiger partial charge < -0.3 is 14.9 Å². The molecule has 0 bridgehead atoms. The van der Waals surface area contributed by atoms with Gasteiger partial charge in [0.05, 0.1) is 0 Å². The second-order valence-electron chi connectivity index (χ2n) is 4.87. The van der Waals surface area contributed by atoms with E-state index in [0.29, 0.717) is 0 Å². The summed E-state index contributed by atoms with van der Waals surface area (Å²) in [4.78, 5) is 0. The van der Waals surface area contributed by atoms with Crippen LogP contribution < -0.4 is 0 Å². The second-order valence-corrected chi connectivity index (χ2v) is 4.87. The molecule has 0 atom stereocenters. The van der Waals surface area contributed by atoms with E-state index in [2.05, 4.69) is 57.2 Å². The van der Waals surface area contributed by atoms with Crippen LogP contribution in [0.2, 0.25) is 0 Å². The summed E-state index contributed by atoms with van der Waals surface area (Å²) in [6.07, 6.45) is 24.9. The number of allylic oxidation sites excluding steroid dienone is 8. The Hall–Kier alpha value is 0.0600. The maximum atomic E-state index is 3.16. The van der Waals surface area contributed by atoms with Gasteiger partial charge in [0.25, 0.3) is 0 Å². The summed E-state index contributed by atoms with van der Waals surface area (Å²) in [5, 5.41) is 0. The average Bonchev–Trinajstić information content (AvgIpc) is 3.19. The fourth-order valence-electron chi connectivity index (χ4n) is 1.99. The summed E-state index contributed by atoms with van der Waals surface area (Å²) >= 11 is 1.36. The van der Waals surface area contributed by atoms with Gasteiger partial charge in [0.2, 0.25) is 0 Å². The van der Waals surface area contributed by atoms with Crippen LogP contribution in [0.4, 0.5) is 0 Å². The molecule has 124 valence electrons. The summed E-state index contributed by atoms with van der Waals surface area (Å²) in [5.41, 5.74) is 2.97. The monoisotopic (exact) mass is 390 g/mol. The zero-order chi connectivity index (χ0) is 15.1.